The fourth-order valence-electron chi connectivity index (χ4n) is 2.82. The van der Waals surface area contributed by atoms with E-state index in [-0.39, 0.29) is 23.4 Å². The van der Waals surface area contributed by atoms with Crippen molar-refractivity contribution >= 4 is 0 Å². The van der Waals surface area contributed by atoms with Gasteiger partial charge in [0.2, 0.25) is 0 Å². The van der Waals surface area contributed by atoms with Gasteiger partial charge in [0.1, 0.15) is 5.82 Å². The summed E-state index contributed by atoms with van der Waals surface area (Å²) in [4.78, 5) is 4.83. The summed E-state index contributed by atoms with van der Waals surface area (Å²) in [7, 11) is 2.17. The van der Waals surface area contributed by atoms with Crippen LogP contribution in [-0.4, -0.2) is 48.1 Å². The highest BCUT2D eigenvalue weighted by Gasteiger charge is 2.34. The Morgan fingerprint density at radius 1 is 1.20 bits per heavy atom. The van der Waals surface area contributed by atoms with E-state index in [1.807, 2.05) is 0 Å². The minimum Gasteiger partial charge on any atom is -0.323 e. The standard InChI is InChI=1S/C16H26FN3/c1-12(15(18)13-5-7-14(17)8-6-13)20-10-9-19(4)16(2,3)11-20/h5-8,12,15H,9-11,18H2,1-4H3. The second kappa shape index (κ2) is 5.80. The minimum atomic E-state index is -0.214. The number of rotatable bonds is 3. The maximum absolute atomic E-state index is 13.0. The molecule has 0 saturated carbocycles. The van der Waals surface area contributed by atoms with Crippen molar-refractivity contribution in [2.24, 2.45) is 5.73 Å². The summed E-state index contributed by atoms with van der Waals surface area (Å²) in [6, 6.07) is 6.70. The Morgan fingerprint density at radius 2 is 1.80 bits per heavy atom. The first-order valence-corrected chi connectivity index (χ1v) is 7.27. The van der Waals surface area contributed by atoms with Gasteiger partial charge in [-0.25, -0.2) is 4.39 Å². The molecule has 0 amide bonds. The third kappa shape index (κ3) is 3.19. The van der Waals surface area contributed by atoms with Crippen LogP contribution in [0.15, 0.2) is 24.3 Å². The van der Waals surface area contributed by atoms with Crippen molar-refractivity contribution in [1.29, 1.82) is 0 Å². The van der Waals surface area contributed by atoms with E-state index in [9.17, 15) is 4.39 Å². The molecule has 2 N–H and O–H groups in total. The van der Waals surface area contributed by atoms with Crippen LogP contribution in [0.4, 0.5) is 4.39 Å². The summed E-state index contributed by atoms with van der Waals surface area (Å²) in [6.07, 6.45) is 0. The van der Waals surface area contributed by atoms with Gasteiger partial charge in [-0.1, -0.05) is 12.1 Å². The lowest BCUT2D eigenvalue weighted by Gasteiger charge is -2.48. The molecule has 2 rings (SSSR count). The zero-order chi connectivity index (χ0) is 14.9. The second-order valence-corrected chi connectivity index (χ2v) is 6.52. The number of nitrogens with two attached hydrogens (primary N) is 1. The van der Waals surface area contributed by atoms with Gasteiger partial charge in [-0.2, -0.15) is 0 Å². The van der Waals surface area contributed by atoms with Crippen LogP contribution in [0.3, 0.4) is 0 Å². The van der Waals surface area contributed by atoms with E-state index in [0.29, 0.717) is 0 Å². The molecule has 1 aliphatic heterocycles. The Kier molecular flexibility index (Phi) is 4.47. The van der Waals surface area contributed by atoms with E-state index in [0.717, 1.165) is 25.2 Å². The van der Waals surface area contributed by atoms with Crippen LogP contribution in [0.25, 0.3) is 0 Å². The van der Waals surface area contributed by atoms with Gasteiger partial charge in [-0.05, 0) is 45.5 Å². The van der Waals surface area contributed by atoms with Crippen molar-refractivity contribution in [1.82, 2.24) is 9.80 Å². The van der Waals surface area contributed by atoms with Gasteiger partial charge in [0.15, 0.2) is 0 Å². The normalized spacial score (nSPS) is 23.5. The smallest absolute Gasteiger partial charge is 0.123 e. The molecule has 0 bridgehead atoms. The Labute approximate surface area is 121 Å². The van der Waals surface area contributed by atoms with Gasteiger partial charge < -0.3 is 5.73 Å². The zero-order valence-corrected chi connectivity index (χ0v) is 12.9. The quantitative estimate of drug-likeness (QED) is 0.921. The largest absolute Gasteiger partial charge is 0.323 e. The van der Waals surface area contributed by atoms with E-state index in [4.69, 9.17) is 5.73 Å². The molecule has 1 aromatic carbocycles. The zero-order valence-electron chi connectivity index (χ0n) is 12.9. The molecule has 1 aromatic rings. The van der Waals surface area contributed by atoms with E-state index in [1.165, 1.54) is 12.1 Å². The van der Waals surface area contributed by atoms with Crippen LogP contribution in [0.5, 0.6) is 0 Å². The molecular formula is C16H26FN3. The van der Waals surface area contributed by atoms with Crippen molar-refractivity contribution < 1.29 is 4.39 Å². The maximum atomic E-state index is 13.0. The third-order valence-electron chi connectivity index (χ3n) is 4.70. The maximum Gasteiger partial charge on any atom is 0.123 e. The molecule has 0 aromatic heterocycles. The molecule has 1 saturated heterocycles. The summed E-state index contributed by atoms with van der Waals surface area (Å²) < 4.78 is 13.0. The van der Waals surface area contributed by atoms with E-state index in [1.54, 1.807) is 12.1 Å². The molecule has 0 aliphatic carbocycles. The third-order valence-corrected chi connectivity index (χ3v) is 4.70. The van der Waals surface area contributed by atoms with Gasteiger partial charge in [0, 0.05) is 37.3 Å². The molecule has 2 unspecified atom stereocenters. The Bertz CT molecular complexity index is 444. The van der Waals surface area contributed by atoms with E-state index < -0.39 is 0 Å². The number of piperazine rings is 1. The van der Waals surface area contributed by atoms with Crippen LogP contribution in [-0.2, 0) is 0 Å². The topological polar surface area (TPSA) is 32.5 Å². The predicted octanol–water partition coefficient (Wildman–Crippen LogP) is 2.24. The molecule has 4 heteroatoms. The van der Waals surface area contributed by atoms with Gasteiger partial charge >= 0.3 is 0 Å². The number of hydrogen-bond donors (Lipinski definition) is 1. The Morgan fingerprint density at radius 3 is 2.35 bits per heavy atom. The number of likely N-dealkylation sites (N-methyl/N-ethyl adjacent to an activating group) is 1. The predicted molar refractivity (Wildman–Crippen MR) is 81.1 cm³/mol. The highest BCUT2D eigenvalue weighted by molar-refractivity contribution is 5.21. The summed E-state index contributed by atoms with van der Waals surface area (Å²) >= 11 is 0. The molecule has 1 heterocycles. The fraction of sp³-hybridized carbons (Fsp3) is 0.625. The molecule has 1 fully saturated rings. The highest BCUT2D eigenvalue weighted by Crippen LogP contribution is 2.25. The monoisotopic (exact) mass is 279 g/mol. The molecule has 1 aliphatic rings. The first-order valence-electron chi connectivity index (χ1n) is 7.27. The van der Waals surface area contributed by atoms with Crippen molar-refractivity contribution in [3.8, 4) is 0 Å². The average Bonchev–Trinajstić information content (AvgIpc) is 2.41. The minimum absolute atomic E-state index is 0.0881. The highest BCUT2D eigenvalue weighted by atomic mass is 19.1. The molecular weight excluding hydrogens is 253 g/mol. The number of hydrogen-bond acceptors (Lipinski definition) is 3. The van der Waals surface area contributed by atoms with Gasteiger partial charge in [-0.3, -0.25) is 9.80 Å². The summed E-state index contributed by atoms with van der Waals surface area (Å²) in [5.41, 5.74) is 7.52. The number of benzene rings is 1. The van der Waals surface area contributed by atoms with Crippen molar-refractivity contribution in [2.75, 3.05) is 26.7 Å². The summed E-state index contributed by atoms with van der Waals surface area (Å²) in [5, 5.41) is 0. The van der Waals surface area contributed by atoms with Crippen LogP contribution in [0.1, 0.15) is 32.4 Å². The first kappa shape index (κ1) is 15.4. The van der Waals surface area contributed by atoms with Crippen LogP contribution >= 0.6 is 0 Å². The SMILES string of the molecule is CC(C(N)c1ccc(F)cc1)N1CCN(C)C(C)(C)C1. The lowest BCUT2D eigenvalue weighted by molar-refractivity contribution is 0.0149. The molecule has 20 heavy (non-hydrogen) atoms. The average molecular weight is 279 g/mol. The van der Waals surface area contributed by atoms with Crippen LogP contribution in [0, 0.1) is 5.82 Å². The summed E-state index contributed by atoms with van der Waals surface area (Å²) in [6.45, 7) is 9.75. The molecule has 3 nitrogen and oxygen atoms in total. The van der Waals surface area contributed by atoms with Crippen molar-refractivity contribution in [3.63, 3.8) is 0 Å². The number of nitrogens with zero attached hydrogens (tertiary/aromatic N) is 2. The fourth-order valence-corrected chi connectivity index (χ4v) is 2.82. The van der Waals surface area contributed by atoms with Crippen molar-refractivity contribution in [3.05, 3.63) is 35.6 Å². The van der Waals surface area contributed by atoms with Crippen LogP contribution in [0.2, 0.25) is 0 Å². The van der Waals surface area contributed by atoms with Gasteiger partial charge in [-0.15, -0.1) is 0 Å². The van der Waals surface area contributed by atoms with Crippen molar-refractivity contribution in [2.45, 2.75) is 38.4 Å². The van der Waals surface area contributed by atoms with Gasteiger partial charge in [0.25, 0.3) is 0 Å². The van der Waals surface area contributed by atoms with E-state index in [2.05, 4.69) is 37.6 Å². The molecule has 0 spiro atoms. The number of halogens is 1. The molecule has 2 atom stereocenters. The Hall–Kier alpha value is -0.970. The molecule has 112 valence electrons. The second-order valence-electron chi connectivity index (χ2n) is 6.52. The van der Waals surface area contributed by atoms with Crippen LogP contribution < -0.4 is 5.73 Å². The lowest BCUT2D eigenvalue weighted by Crippen LogP contribution is -2.60. The van der Waals surface area contributed by atoms with E-state index >= 15 is 0 Å². The first-order chi connectivity index (χ1) is 9.31. The summed E-state index contributed by atoms with van der Waals surface area (Å²) in [5.74, 6) is -0.214. The molecule has 0 radical (unpaired) electrons. The van der Waals surface area contributed by atoms with Gasteiger partial charge in [0.05, 0.1) is 0 Å². The Balaban J connectivity index is 2.07. The lowest BCUT2D eigenvalue weighted by atomic mass is 9.94.